The van der Waals surface area contributed by atoms with Gasteiger partial charge in [0.1, 0.15) is 13.0 Å². The van der Waals surface area contributed by atoms with Crippen LogP contribution in [0.3, 0.4) is 0 Å². The first-order valence-electron chi connectivity index (χ1n) is 4.65. The van der Waals surface area contributed by atoms with Gasteiger partial charge in [-0.3, -0.25) is 4.79 Å². The molecule has 0 saturated heterocycles. The number of nitrogens with zero attached hydrogens (tertiary/aromatic N) is 3. The quantitative estimate of drug-likeness (QED) is 0.445. The molecule has 4 nitrogen and oxygen atoms in total. The van der Waals surface area contributed by atoms with E-state index in [1.165, 1.54) is 12.1 Å². The maximum absolute atomic E-state index is 13.6. The molecule has 1 aromatic carbocycles. The average Bonchev–Trinajstić information content (AvgIpc) is 2.75. The number of hydrogen-bond acceptors (Lipinski definition) is 4. The first kappa shape index (κ1) is 10.5. The van der Waals surface area contributed by atoms with Crippen molar-refractivity contribution < 1.29 is 13.7 Å². The maximum atomic E-state index is 13.6. The van der Waals surface area contributed by atoms with Gasteiger partial charge in [-0.2, -0.15) is 10.2 Å². The maximum Gasteiger partial charge on any atom is 0.252 e. The fraction of sp³-hybridized carbons (Fsp3) is 0.200. The zero-order chi connectivity index (χ0) is 11.5. The molecular formula is C10H9F2N3O. The topological polar surface area (TPSA) is 35.9 Å². The van der Waals surface area contributed by atoms with Crippen LogP contribution in [0.15, 0.2) is 35.4 Å². The van der Waals surface area contributed by atoms with Gasteiger partial charge in [0.25, 0.3) is 6.30 Å². The summed E-state index contributed by atoms with van der Waals surface area (Å²) in [5, 5.41) is 4.37. The Morgan fingerprint density at radius 2 is 2.06 bits per heavy atom. The van der Waals surface area contributed by atoms with Crippen LogP contribution in [0, 0.1) is 0 Å². The Balaban J connectivity index is 2.08. The lowest BCUT2D eigenvalue weighted by Gasteiger charge is -2.17. The average molecular weight is 225 g/mol. The minimum atomic E-state index is -1.96. The Bertz CT molecular complexity index is 410. The standard InChI is InChI=1S/C10H9F2N3O/c11-10(15-7-14(12)6-13-15)9(16)8-4-2-1-3-5-8/h1-6,10H,7H2/t10-/m1/s1. The van der Waals surface area contributed by atoms with E-state index in [0.717, 1.165) is 11.3 Å². The summed E-state index contributed by atoms with van der Waals surface area (Å²) in [4.78, 5) is 11.6. The van der Waals surface area contributed by atoms with Crippen LogP contribution in [0.25, 0.3) is 0 Å². The van der Waals surface area contributed by atoms with Gasteiger partial charge < -0.3 is 0 Å². The van der Waals surface area contributed by atoms with Gasteiger partial charge in [0, 0.05) is 5.56 Å². The summed E-state index contributed by atoms with van der Waals surface area (Å²) >= 11 is 0. The van der Waals surface area contributed by atoms with Crippen molar-refractivity contribution in [3.8, 4) is 0 Å². The van der Waals surface area contributed by atoms with E-state index in [1.54, 1.807) is 18.2 Å². The second-order valence-corrected chi connectivity index (χ2v) is 3.28. The predicted octanol–water partition coefficient (Wildman–Crippen LogP) is 1.57. The molecule has 1 aliphatic heterocycles. The number of carbonyl (C=O) groups is 1. The number of halogens is 2. The van der Waals surface area contributed by atoms with E-state index in [0.29, 0.717) is 0 Å². The van der Waals surface area contributed by atoms with Crippen molar-refractivity contribution in [2.75, 3.05) is 6.67 Å². The summed E-state index contributed by atoms with van der Waals surface area (Å²) in [6, 6.07) is 7.99. The molecule has 0 aliphatic carbocycles. The van der Waals surface area contributed by atoms with Gasteiger partial charge in [0.15, 0.2) is 0 Å². The highest BCUT2D eigenvalue weighted by Crippen LogP contribution is 2.14. The minimum Gasteiger partial charge on any atom is -0.289 e. The lowest BCUT2D eigenvalue weighted by molar-refractivity contribution is 0.0180. The molecule has 0 spiro atoms. The number of benzene rings is 1. The lowest BCUT2D eigenvalue weighted by Crippen LogP contribution is -2.35. The zero-order valence-electron chi connectivity index (χ0n) is 8.25. The number of hydrazone groups is 1. The molecule has 0 radical (unpaired) electrons. The number of hydrogen-bond donors (Lipinski definition) is 0. The van der Waals surface area contributed by atoms with Gasteiger partial charge in [-0.15, -0.1) is 0 Å². The Kier molecular flexibility index (Phi) is 2.80. The van der Waals surface area contributed by atoms with Crippen LogP contribution >= 0.6 is 0 Å². The largest absolute Gasteiger partial charge is 0.289 e. The van der Waals surface area contributed by atoms with Gasteiger partial charge >= 0.3 is 0 Å². The monoisotopic (exact) mass is 225 g/mol. The van der Waals surface area contributed by atoms with Crippen LogP contribution in [-0.4, -0.2) is 35.2 Å². The Labute approximate surface area is 90.7 Å². The third-order valence-electron chi connectivity index (χ3n) is 2.14. The van der Waals surface area contributed by atoms with Crippen LogP contribution in [0.5, 0.6) is 0 Å². The molecule has 0 bridgehead atoms. The smallest absolute Gasteiger partial charge is 0.252 e. The first-order chi connectivity index (χ1) is 7.68. The molecule has 1 atom stereocenters. The van der Waals surface area contributed by atoms with Crippen molar-refractivity contribution >= 4 is 12.1 Å². The van der Waals surface area contributed by atoms with Gasteiger partial charge in [-0.25, -0.2) is 9.40 Å². The third kappa shape index (κ3) is 2.00. The van der Waals surface area contributed by atoms with Crippen LogP contribution in [0.2, 0.25) is 0 Å². The highest BCUT2D eigenvalue weighted by atomic mass is 19.2. The number of rotatable bonds is 3. The third-order valence-corrected chi connectivity index (χ3v) is 2.14. The molecule has 1 aliphatic rings. The fourth-order valence-electron chi connectivity index (χ4n) is 1.34. The van der Waals surface area contributed by atoms with Gasteiger partial charge in [-0.05, 0) is 0 Å². The van der Waals surface area contributed by atoms with E-state index in [2.05, 4.69) is 5.10 Å². The van der Waals surface area contributed by atoms with E-state index in [-0.39, 0.29) is 17.4 Å². The number of Topliss-reactive ketones (excluding diaryl/α,β-unsaturated/α-hetero) is 1. The number of carbonyl (C=O) groups excluding carboxylic acids is 1. The molecule has 1 aromatic rings. The Hall–Kier alpha value is -1.98. The summed E-state index contributed by atoms with van der Waals surface area (Å²) in [6.07, 6.45) is -1.13. The Morgan fingerprint density at radius 1 is 1.38 bits per heavy atom. The SMILES string of the molecule is O=C(c1ccccc1)[C@H](F)N1CN(F)C=N1. The highest BCUT2D eigenvalue weighted by Gasteiger charge is 2.29. The van der Waals surface area contributed by atoms with E-state index < -0.39 is 12.1 Å². The summed E-state index contributed by atoms with van der Waals surface area (Å²) in [5.41, 5.74) is 0.238. The van der Waals surface area contributed by atoms with Gasteiger partial charge in [-0.1, -0.05) is 34.8 Å². The van der Waals surface area contributed by atoms with Crippen LogP contribution in [0.1, 0.15) is 10.4 Å². The summed E-state index contributed by atoms with van der Waals surface area (Å²) in [6.45, 7) is -0.375. The minimum absolute atomic E-state index is 0.199. The van der Waals surface area contributed by atoms with E-state index in [1.807, 2.05) is 0 Å². The molecule has 1 heterocycles. The summed E-state index contributed by atoms with van der Waals surface area (Å²) in [5.74, 6) is -0.729. The normalized spacial score (nSPS) is 16.6. The molecule has 2 rings (SSSR count). The molecular weight excluding hydrogens is 216 g/mol. The van der Waals surface area contributed by atoms with Crippen molar-refractivity contribution in [2.24, 2.45) is 5.10 Å². The Morgan fingerprint density at radius 3 is 2.62 bits per heavy atom. The second-order valence-electron chi connectivity index (χ2n) is 3.28. The molecule has 0 saturated carbocycles. The van der Waals surface area contributed by atoms with E-state index in [4.69, 9.17) is 0 Å². The summed E-state index contributed by atoms with van der Waals surface area (Å²) in [7, 11) is 0. The first-order valence-corrected chi connectivity index (χ1v) is 4.65. The van der Waals surface area contributed by atoms with Gasteiger partial charge in [0.2, 0.25) is 5.78 Å². The van der Waals surface area contributed by atoms with Crippen molar-refractivity contribution in [2.45, 2.75) is 6.30 Å². The number of ketones is 1. The molecule has 84 valence electrons. The van der Waals surface area contributed by atoms with Crippen molar-refractivity contribution in [1.29, 1.82) is 0 Å². The van der Waals surface area contributed by atoms with E-state index in [9.17, 15) is 13.7 Å². The zero-order valence-corrected chi connectivity index (χ0v) is 8.25. The second kappa shape index (κ2) is 4.26. The molecule has 0 fully saturated rings. The molecule has 0 N–H and O–H groups in total. The fourth-order valence-corrected chi connectivity index (χ4v) is 1.34. The van der Waals surface area contributed by atoms with E-state index >= 15 is 0 Å². The van der Waals surface area contributed by atoms with Crippen molar-refractivity contribution in [3.05, 3.63) is 35.9 Å². The molecule has 16 heavy (non-hydrogen) atoms. The molecule has 0 unspecified atom stereocenters. The van der Waals surface area contributed by atoms with Crippen LogP contribution in [0.4, 0.5) is 8.87 Å². The summed E-state index contributed by atoms with van der Waals surface area (Å²) < 4.78 is 26.2. The lowest BCUT2D eigenvalue weighted by atomic mass is 10.1. The van der Waals surface area contributed by atoms with Gasteiger partial charge in [0.05, 0.1) is 0 Å². The molecule has 0 aromatic heterocycles. The van der Waals surface area contributed by atoms with Crippen LogP contribution < -0.4 is 0 Å². The van der Waals surface area contributed by atoms with Crippen LogP contribution in [-0.2, 0) is 0 Å². The number of alkyl halides is 1. The predicted molar refractivity (Wildman–Crippen MR) is 53.8 cm³/mol. The van der Waals surface area contributed by atoms with Crippen molar-refractivity contribution in [1.82, 2.24) is 10.1 Å². The van der Waals surface area contributed by atoms with Crippen molar-refractivity contribution in [3.63, 3.8) is 0 Å². The highest BCUT2D eigenvalue weighted by molar-refractivity contribution is 5.99. The molecule has 6 heteroatoms. The molecule has 0 amide bonds.